The average Bonchev–Trinajstić information content (AvgIpc) is 2.04. The van der Waals surface area contributed by atoms with Crippen LogP contribution in [0.15, 0.2) is 11.1 Å². The molecular formula is C10H19NO. The minimum Gasteiger partial charge on any atom is -0.316 e. The van der Waals surface area contributed by atoms with Crippen molar-refractivity contribution in [2.45, 2.75) is 33.1 Å². The van der Waals surface area contributed by atoms with Crippen LogP contribution in [0, 0.1) is 0 Å². The van der Waals surface area contributed by atoms with Crippen LogP contribution in [-0.2, 0) is 4.79 Å². The summed E-state index contributed by atoms with van der Waals surface area (Å²) in [6, 6.07) is 0. The summed E-state index contributed by atoms with van der Waals surface area (Å²) < 4.78 is 0. The van der Waals surface area contributed by atoms with Crippen LogP contribution in [0.3, 0.4) is 0 Å². The molecule has 0 aliphatic rings. The van der Waals surface area contributed by atoms with Gasteiger partial charge in [0.1, 0.15) is 6.29 Å². The molecule has 0 atom stereocenters. The second kappa shape index (κ2) is 7.04. The van der Waals surface area contributed by atoms with Crippen molar-refractivity contribution in [2.75, 3.05) is 13.6 Å². The van der Waals surface area contributed by atoms with E-state index in [2.05, 4.69) is 19.2 Å². The molecule has 1 N–H and O–H groups in total. The number of allylic oxidation sites excluding steroid dienone is 1. The van der Waals surface area contributed by atoms with Crippen LogP contribution in [-0.4, -0.2) is 19.9 Å². The third-order valence-electron chi connectivity index (χ3n) is 1.95. The van der Waals surface area contributed by atoms with Gasteiger partial charge in [0.15, 0.2) is 0 Å². The SMILES string of the molecule is CCC/C(C)=C(\CC=O)CNC. The Hall–Kier alpha value is -0.630. The third kappa shape index (κ3) is 4.29. The van der Waals surface area contributed by atoms with E-state index >= 15 is 0 Å². The van der Waals surface area contributed by atoms with Gasteiger partial charge in [-0.1, -0.05) is 24.5 Å². The number of nitrogens with one attached hydrogen (secondary N) is 1. The van der Waals surface area contributed by atoms with Crippen molar-refractivity contribution in [3.05, 3.63) is 11.1 Å². The molecular weight excluding hydrogens is 150 g/mol. The summed E-state index contributed by atoms with van der Waals surface area (Å²) in [5, 5.41) is 3.08. The lowest BCUT2D eigenvalue weighted by molar-refractivity contribution is -0.107. The molecule has 0 rings (SSSR count). The Kier molecular flexibility index (Phi) is 6.67. The summed E-state index contributed by atoms with van der Waals surface area (Å²) in [4.78, 5) is 10.3. The van der Waals surface area contributed by atoms with E-state index in [-0.39, 0.29) is 0 Å². The van der Waals surface area contributed by atoms with Gasteiger partial charge in [0.2, 0.25) is 0 Å². The molecule has 0 bridgehead atoms. The number of hydrogen-bond donors (Lipinski definition) is 1. The van der Waals surface area contributed by atoms with E-state index in [9.17, 15) is 4.79 Å². The predicted octanol–water partition coefficient (Wildman–Crippen LogP) is 1.91. The van der Waals surface area contributed by atoms with Gasteiger partial charge in [-0.15, -0.1) is 0 Å². The van der Waals surface area contributed by atoms with Gasteiger partial charge in [0.25, 0.3) is 0 Å². The van der Waals surface area contributed by atoms with Gasteiger partial charge < -0.3 is 10.1 Å². The van der Waals surface area contributed by atoms with Crippen LogP contribution in [0.1, 0.15) is 33.1 Å². The molecule has 2 heteroatoms. The van der Waals surface area contributed by atoms with E-state index < -0.39 is 0 Å². The van der Waals surface area contributed by atoms with Crippen LogP contribution in [0.4, 0.5) is 0 Å². The number of likely N-dealkylation sites (N-methyl/N-ethyl adjacent to an activating group) is 1. The molecule has 0 aromatic heterocycles. The Morgan fingerprint density at radius 3 is 2.58 bits per heavy atom. The quantitative estimate of drug-likeness (QED) is 0.486. The van der Waals surface area contributed by atoms with Crippen LogP contribution < -0.4 is 5.32 Å². The monoisotopic (exact) mass is 169 g/mol. The lowest BCUT2D eigenvalue weighted by Gasteiger charge is -2.08. The zero-order chi connectivity index (χ0) is 9.40. The summed E-state index contributed by atoms with van der Waals surface area (Å²) >= 11 is 0. The maximum Gasteiger partial charge on any atom is 0.124 e. The van der Waals surface area contributed by atoms with Gasteiger partial charge in [-0.2, -0.15) is 0 Å². The maximum atomic E-state index is 10.3. The molecule has 70 valence electrons. The van der Waals surface area contributed by atoms with E-state index in [0.29, 0.717) is 6.42 Å². The number of rotatable bonds is 6. The van der Waals surface area contributed by atoms with E-state index in [1.165, 1.54) is 11.1 Å². The smallest absolute Gasteiger partial charge is 0.124 e. The Morgan fingerprint density at radius 2 is 2.17 bits per heavy atom. The van der Waals surface area contributed by atoms with Crippen molar-refractivity contribution >= 4 is 6.29 Å². The average molecular weight is 169 g/mol. The molecule has 0 aromatic carbocycles. The molecule has 0 radical (unpaired) electrons. The Labute approximate surface area is 75.0 Å². The highest BCUT2D eigenvalue weighted by Crippen LogP contribution is 2.11. The highest BCUT2D eigenvalue weighted by molar-refractivity contribution is 5.55. The molecule has 2 nitrogen and oxygen atoms in total. The van der Waals surface area contributed by atoms with Gasteiger partial charge in [-0.25, -0.2) is 0 Å². The molecule has 0 unspecified atom stereocenters. The lowest BCUT2D eigenvalue weighted by atomic mass is 10.0. The molecule has 0 aliphatic heterocycles. The minimum atomic E-state index is 0.576. The first-order chi connectivity index (χ1) is 5.76. The molecule has 0 spiro atoms. The van der Waals surface area contributed by atoms with Crippen molar-refractivity contribution in [1.29, 1.82) is 0 Å². The first-order valence-electron chi connectivity index (χ1n) is 4.52. The Morgan fingerprint density at radius 1 is 1.50 bits per heavy atom. The zero-order valence-corrected chi connectivity index (χ0v) is 8.31. The molecule has 0 heterocycles. The summed E-state index contributed by atoms with van der Waals surface area (Å²) in [5.41, 5.74) is 2.60. The highest BCUT2D eigenvalue weighted by Gasteiger charge is 1.99. The standard InChI is InChI=1S/C10H19NO/c1-4-5-9(2)10(6-7-12)8-11-3/h7,11H,4-6,8H2,1-3H3/b10-9+. The summed E-state index contributed by atoms with van der Waals surface area (Å²) in [5.74, 6) is 0. The van der Waals surface area contributed by atoms with Gasteiger partial charge >= 0.3 is 0 Å². The Balaban J connectivity index is 4.20. The van der Waals surface area contributed by atoms with E-state index in [1.54, 1.807) is 0 Å². The van der Waals surface area contributed by atoms with Gasteiger partial charge in [-0.3, -0.25) is 0 Å². The fourth-order valence-electron chi connectivity index (χ4n) is 1.26. The number of carbonyl (C=O) groups excluding carboxylic acids is 1. The first kappa shape index (κ1) is 11.4. The summed E-state index contributed by atoms with van der Waals surface area (Å²) in [6.45, 7) is 5.10. The van der Waals surface area contributed by atoms with E-state index in [4.69, 9.17) is 0 Å². The van der Waals surface area contributed by atoms with Gasteiger partial charge in [0.05, 0.1) is 0 Å². The van der Waals surface area contributed by atoms with Crippen LogP contribution in [0.5, 0.6) is 0 Å². The van der Waals surface area contributed by atoms with Gasteiger partial charge in [-0.05, 0) is 20.4 Å². The first-order valence-corrected chi connectivity index (χ1v) is 4.52. The number of carbonyl (C=O) groups is 1. The van der Waals surface area contributed by atoms with Crippen molar-refractivity contribution in [3.63, 3.8) is 0 Å². The summed E-state index contributed by atoms with van der Waals surface area (Å²) in [6.07, 6.45) is 3.81. The Bertz CT molecular complexity index is 161. The topological polar surface area (TPSA) is 29.1 Å². The van der Waals surface area contributed by atoms with Crippen LogP contribution in [0.2, 0.25) is 0 Å². The van der Waals surface area contributed by atoms with Crippen molar-refractivity contribution in [3.8, 4) is 0 Å². The molecule has 0 fully saturated rings. The van der Waals surface area contributed by atoms with E-state index in [1.807, 2.05) is 7.05 Å². The second-order valence-electron chi connectivity index (χ2n) is 3.04. The second-order valence-corrected chi connectivity index (χ2v) is 3.04. The fourth-order valence-corrected chi connectivity index (χ4v) is 1.26. The van der Waals surface area contributed by atoms with Gasteiger partial charge in [0, 0.05) is 13.0 Å². The summed E-state index contributed by atoms with van der Waals surface area (Å²) in [7, 11) is 1.91. The third-order valence-corrected chi connectivity index (χ3v) is 1.95. The van der Waals surface area contributed by atoms with Crippen molar-refractivity contribution in [2.24, 2.45) is 0 Å². The maximum absolute atomic E-state index is 10.3. The fraction of sp³-hybridized carbons (Fsp3) is 0.700. The van der Waals surface area contributed by atoms with E-state index in [0.717, 1.165) is 25.7 Å². The molecule has 0 saturated carbocycles. The highest BCUT2D eigenvalue weighted by atomic mass is 16.1. The zero-order valence-electron chi connectivity index (χ0n) is 8.31. The van der Waals surface area contributed by atoms with Crippen LogP contribution in [0.25, 0.3) is 0 Å². The molecule has 0 amide bonds. The minimum absolute atomic E-state index is 0.576. The number of hydrogen-bond acceptors (Lipinski definition) is 2. The largest absolute Gasteiger partial charge is 0.316 e. The molecule has 12 heavy (non-hydrogen) atoms. The lowest BCUT2D eigenvalue weighted by Crippen LogP contribution is -2.12. The van der Waals surface area contributed by atoms with Crippen molar-refractivity contribution < 1.29 is 4.79 Å². The molecule has 0 aliphatic carbocycles. The number of aldehydes is 1. The predicted molar refractivity (Wildman–Crippen MR) is 52.2 cm³/mol. The normalized spacial score (nSPS) is 12.6. The van der Waals surface area contributed by atoms with Crippen molar-refractivity contribution in [1.82, 2.24) is 5.32 Å². The molecule has 0 aromatic rings. The molecule has 0 saturated heterocycles. The van der Waals surface area contributed by atoms with Crippen LogP contribution >= 0.6 is 0 Å².